The van der Waals surface area contributed by atoms with Crippen molar-refractivity contribution in [2.75, 3.05) is 0 Å². The topological polar surface area (TPSA) is 82.7 Å². The van der Waals surface area contributed by atoms with Crippen molar-refractivity contribution in [3.8, 4) is 11.5 Å². The number of phenols is 2. The summed E-state index contributed by atoms with van der Waals surface area (Å²) in [4.78, 5) is 11.0. The van der Waals surface area contributed by atoms with Crippen LogP contribution >= 0.6 is 0 Å². The summed E-state index contributed by atoms with van der Waals surface area (Å²) in [5.74, 6) is -0.586. The van der Waals surface area contributed by atoms with Crippen LogP contribution in [0.15, 0.2) is 48.7 Å². The summed E-state index contributed by atoms with van der Waals surface area (Å²) in [6, 6.07) is 11.8. The van der Waals surface area contributed by atoms with Gasteiger partial charge in [-0.2, -0.15) is 0 Å². The fraction of sp³-hybridized carbons (Fsp3) is 0.118. The van der Waals surface area contributed by atoms with E-state index in [1.807, 2.05) is 10.6 Å². The van der Waals surface area contributed by atoms with Gasteiger partial charge in [-0.25, -0.2) is 0 Å². The van der Waals surface area contributed by atoms with Gasteiger partial charge in [0.25, 0.3) is 0 Å². The van der Waals surface area contributed by atoms with Gasteiger partial charge in [-0.3, -0.25) is 4.79 Å². The monoisotopic (exact) mass is 297 g/mol. The molecule has 3 N–H and O–H groups in total. The number of fused-ring (bicyclic) bond motifs is 1. The van der Waals surface area contributed by atoms with Gasteiger partial charge in [-0.1, -0.05) is 12.1 Å². The van der Waals surface area contributed by atoms with Gasteiger partial charge in [0.05, 0.1) is 11.9 Å². The Bertz CT molecular complexity index is 851. The molecule has 0 unspecified atom stereocenters. The fourth-order valence-electron chi connectivity index (χ4n) is 2.64. The molecular formula is C17H15NO4. The molecule has 0 saturated carbocycles. The molecule has 5 heteroatoms. The zero-order chi connectivity index (χ0) is 15.7. The predicted octanol–water partition coefficient (Wildman–Crippen LogP) is 2.73. The lowest BCUT2D eigenvalue weighted by Crippen LogP contribution is -2.00. The number of nitrogens with zero attached hydrogens (tertiary/aromatic N) is 1. The lowest BCUT2D eigenvalue weighted by Gasteiger charge is -2.06. The largest absolute Gasteiger partial charge is 0.508 e. The van der Waals surface area contributed by atoms with E-state index in [0.717, 1.165) is 16.5 Å². The molecule has 3 aromatic rings. The minimum atomic E-state index is -0.899. The second-order valence-electron chi connectivity index (χ2n) is 5.22. The van der Waals surface area contributed by atoms with Crippen LogP contribution in [0.4, 0.5) is 0 Å². The Balaban J connectivity index is 2.08. The number of hydrogen-bond donors (Lipinski definition) is 3. The first-order valence-corrected chi connectivity index (χ1v) is 6.83. The maximum absolute atomic E-state index is 11.0. The van der Waals surface area contributed by atoms with Crippen LogP contribution in [0.2, 0.25) is 0 Å². The molecule has 0 spiro atoms. The van der Waals surface area contributed by atoms with E-state index >= 15 is 0 Å². The predicted molar refractivity (Wildman–Crippen MR) is 82.2 cm³/mol. The summed E-state index contributed by atoms with van der Waals surface area (Å²) < 4.78 is 1.88. The highest BCUT2D eigenvalue weighted by atomic mass is 16.4. The maximum atomic E-state index is 11.0. The highest BCUT2D eigenvalue weighted by Gasteiger charge is 2.12. The molecule has 0 aliphatic heterocycles. The van der Waals surface area contributed by atoms with Crippen LogP contribution in [0, 0.1) is 0 Å². The van der Waals surface area contributed by atoms with Gasteiger partial charge in [0, 0.05) is 24.2 Å². The summed E-state index contributed by atoms with van der Waals surface area (Å²) in [7, 11) is 0. The van der Waals surface area contributed by atoms with E-state index in [0.29, 0.717) is 12.1 Å². The van der Waals surface area contributed by atoms with E-state index in [2.05, 4.69) is 0 Å². The average molecular weight is 297 g/mol. The smallest absolute Gasteiger partial charge is 0.307 e. The normalized spacial score (nSPS) is 10.9. The number of hydrogen-bond acceptors (Lipinski definition) is 3. The molecule has 0 amide bonds. The van der Waals surface area contributed by atoms with Crippen molar-refractivity contribution >= 4 is 16.9 Å². The quantitative estimate of drug-likeness (QED) is 0.691. The van der Waals surface area contributed by atoms with Crippen molar-refractivity contribution in [2.24, 2.45) is 0 Å². The van der Waals surface area contributed by atoms with Gasteiger partial charge in [-0.15, -0.1) is 0 Å². The van der Waals surface area contributed by atoms with Gasteiger partial charge < -0.3 is 19.9 Å². The third-order valence-corrected chi connectivity index (χ3v) is 3.55. The first-order chi connectivity index (χ1) is 10.5. The van der Waals surface area contributed by atoms with E-state index in [1.165, 1.54) is 0 Å². The minimum absolute atomic E-state index is 0.0751. The van der Waals surface area contributed by atoms with Crippen molar-refractivity contribution < 1.29 is 20.1 Å². The van der Waals surface area contributed by atoms with E-state index in [-0.39, 0.29) is 17.9 Å². The molecule has 0 fully saturated rings. The number of carbonyl (C=O) groups is 1. The van der Waals surface area contributed by atoms with E-state index in [9.17, 15) is 15.0 Å². The highest BCUT2D eigenvalue weighted by Crippen LogP contribution is 2.27. The molecule has 112 valence electrons. The van der Waals surface area contributed by atoms with Crippen molar-refractivity contribution in [1.82, 2.24) is 4.57 Å². The molecule has 0 saturated heterocycles. The van der Waals surface area contributed by atoms with E-state index < -0.39 is 5.97 Å². The molecule has 0 radical (unpaired) electrons. The zero-order valence-electron chi connectivity index (χ0n) is 11.7. The molecule has 2 aromatic carbocycles. The fourth-order valence-corrected chi connectivity index (χ4v) is 2.64. The Kier molecular flexibility index (Phi) is 3.47. The van der Waals surface area contributed by atoms with Gasteiger partial charge in [0.2, 0.25) is 0 Å². The molecule has 0 aliphatic carbocycles. The summed E-state index contributed by atoms with van der Waals surface area (Å²) in [5.41, 5.74) is 2.35. The Morgan fingerprint density at radius 2 is 1.82 bits per heavy atom. The lowest BCUT2D eigenvalue weighted by molar-refractivity contribution is -0.136. The Hall–Kier alpha value is -2.95. The second kappa shape index (κ2) is 5.44. The first-order valence-electron chi connectivity index (χ1n) is 6.83. The molecular weight excluding hydrogens is 282 g/mol. The molecule has 5 nitrogen and oxygen atoms in total. The highest BCUT2D eigenvalue weighted by molar-refractivity contribution is 5.88. The van der Waals surface area contributed by atoms with Crippen LogP contribution in [-0.2, 0) is 17.8 Å². The van der Waals surface area contributed by atoms with Crippen molar-refractivity contribution in [3.05, 3.63) is 59.8 Å². The van der Waals surface area contributed by atoms with Crippen molar-refractivity contribution in [1.29, 1.82) is 0 Å². The number of rotatable bonds is 4. The van der Waals surface area contributed by atoms with Gasteiger partial charge >= 0.3 is 5.97 Å². The van der Waals surface area contributed by atoms with Crippen LogP contribution in [0.5, 0.6) is 11.5 Å². The molecule has 3 rings (SSSR count). The lowest BCUT2D eigenvalue weighted by atomic mass is 10.1. The molecule has 22 heavy (non-hydrogen) atoms. The number of carboxylic acids is 1. The van der Waals surface area contributed by atoms with E-state index in [1.54, 1.807) is 42.6 Å². The van der Waals surface area contributed by atoms with E-state index in [4.69, 9.17) is 5.11 Å². The van der Waals surface area contributed by atoms with Crippen LogP contribution in [-0.4, -0.2) is 25.9 Å². The van der Waals surface area contributed by atoms with Gasteiger partial charge in [0.1, 0.15) is 11.5 Å². The third-order valence-electron chi connectivity index (χ3n) is 3.55. The number of aliphatic carboxylic acids is 1. The SMILES string of the molecule is O=C(O)Cc1cn(Cc2cccc(O)c2)c2cc(O)ccc12. The molecule has 1 aromatic heterocycles. The van der Waals surface area contributed by atoms with Crippen molar-refractivity contribution in [3.63, 3.8) is 0 Å². The van der Waals surface area contributed by atoms with Crippen LogP contribution in [0.3, 0.4) is 0 Å². The summed E-state index contributed by atoms with van der Waals surface area (Å²) in [6.45, 7) is 0.480. The summed E-state index contributed by atoms with van der Waals surface area (Å²) >= 11 is 0. The molecule has 0 atom stereocenters. The van der Waals surface area contributed by atoms with Gasteiger partial charge in [0.15, 0.2) is 0 Å². The molecule has 0 bridgehead atoms. The molecule has 0 aliphatic rings. The standard InChI is InChI=1S/C17H15NO4/c19-13-3-1-2-11(6-13)9-18-10-12(7-17(21)22)15-5-4-14(20)8-16(15)18/h1-6,8,10,19-20H,7,9H2,(H,21,22). The summed E-state index contributed by atoms with van der Waals surface area (Å²) in [6.07, 6.45) is 1.70. The second-order valence-corrected chi connectivity index (χ2v) is 5.22. The summed E-state index contributed by atoms with van der Waals surface area (Å²) in [5, 5.41) is 29.1. The first kappa shape index (κ1) is 14.0. The van der Waals surface area contributed by atoms with Crippen LogP contribution in [0.1, 0.15) is 11.1 Å². The number of phenolic OH excluding ortho intramolecular Hbond substituents is 2. The number of carboxylic acid groups (broad SMARTS) is 1. The maximum Gasteiger partial charge on any atom is 0.307 e. The Morgan fingerprint density at radius 1 is 1.05 bits per heavy atom. The van der Waals surface area contributed by atoms with Crippen LogP contribution in [0.25, 0.3) is 10.9 Å². The average Bonchev–Trinajstić information content (AvgIpc) is 2.75. The Labute approximate surface area is 126 Å². The zero-order valence-corrected chi connectivity index (χ0v) is 11.7. The van der Waals surface area contributed by atoms with Gasteiger partial charge in [-0.05, 0) is 35.4 Å². The molecule has 1 heterocycles. The Morgan fingerprint density at radius 3 is 2.55 bits per heavy atom. The van der Waals surface area contributed by atoms with Crippen molar-refractivity contribution in [2.45, 2.75) is 13.0 Å². The third kappa shape index (κ3) is 2.74. The number of benzene rings is 2. The minimum Gasteiger partial charge on any atom is -0.508 e. The number of aromatic hydroxyl groups is 2. The number of aromatic nitrogens is 1. The van der Waals surface area contributed by atoms with Crippen LogP contribution < -0.4 is 0 Å².